The molecule has 162 valence electrons. The number of halogens is 1. The molecule has 2 aromatic carbocycles. The SMILES string of the molecule is Cc1cccn2c(NC(=O)CCCNC(=O)c3ccc(Cl)cc3)c(-c3ccccc3)nc12. The largest absolute Gasteiger partial charge is 0.352 e. The number of benzene rings is 2. The predicted molar refractivity (Wildman–Crippen MR) is 127 cm³/mol. The third-order valence-electron chi connectivity index (χ3n) is 5.12. The minimum atomic E-state index is -0.189. The molecule has 0 bridgehead atoms. The first-order valence-corrected chi connectivity index (χ1v) is 10.8. The third-order valence-corrected chi connectivity index (χ3v) is 5.37. The van der Waals surface area contributed by atoms with Gasteiger partial charge in [0.25, 0.3) is 5.91 Å². The Morgan fingerprint density at radius 3 is 2.50 bits per heavy atom. The highest BCUT2D eigenvalue weighted by atomic mass is 35.5. The highest BCUT2D eigenvalue weighted by molar-refractivity contribution is 6.30. The normalized spacial score (nSPS) is 10.8. The smallest absolute Gasteiger partial charge is 0.251 e. The number of hydrogen-bond acceptors (Lipinski definition) is 3. The number of carbonyl (C=O) groups excluding carboxylic acids is 2. The van der Waals surface area contributed by atoms with Crippen LogP contribution < -0.4 is 10.6 Å². The van der Waals surface area contributed by atoms with Gasteiger partial charge in [-0.1, -0.05) is 48.0 Å². The van der Waals surface area contributed by atoms with Gasteiger partial charge in [-0.2, -0.15) is 0 Å². The Bertz CT molecular complexity index is 1250. The van der Waals surface area contributed by atoms with Crippen LogP contribution >= 0.6 is 11.6 Å². The molecule has 2 N–H and O–H groups in total. The second-order valence-corrected chi connectivity index (χ2v) is 7.91. The number of fused-ring (bicyclic) bond motifs is 1. The van der Waals surface area contributed by atoms with E-state index in [1.54, 1.807) is 24.3 Å². The number of anilines is 1. The lowest BCUT2D eigenvalue weighted by atomic mass is 10.1. The topological polar surface area (TPSA) is 75.5 Å². The van der Waals surface area contributed by atoms with Gasteiger partial charge in [-0.05, 0) is 49.2 Å². The van der Waals surface area contributed by atoms with Crippen molar-refractivity contribution in [2.45, 2.75) is 19.8 Å². The molecule has 0 aliphatic heterocycles. The van der Waals surface area contributed by atoms with Crippen molar-refractivity contribution in [3.63, 3.8) is 0 Å². The summed E-state index contributed by atoms with van der Waals surface area (Å²) in [7, 11) is 0. The average molecular weight is 447 g/mol. The van der Waals surface area contributed by atoms with Crippen LogP contribution in [-0.2, 0) is 4.79 Å². The van der Waals surface area contributed by atoms with Crippen LogP contribution in [0.5, 0.6) is 0 Å². The molecule has 4 aromatic rings. The van der Waals surface area contributed by atoms with Crippen LogP contribution in [0.25, 0.3) is 16.9 Å². The van der Waals surface area contributed by atoms with Gasteiger partial charge in [0.05, 0.1) is 0 Å². The number of amides is 2. The summed E-state index contributed by atoms with van der Waals surface area (Å²) in [4.78, 5) is 29.6. The van der Waals surface area contributed by atoms with Gasteiger partial charge in [0.15, 0.2) is 0 Å². The zero-order valence-corrected chi connectivity index (χ0v) is 18.4. The minimum Gasteiger partial charge on any atom is -0.352 e. The average Bonchev–Trinajstić information content (AvgIpc) is 3.17. The number of nitrogens with one attached hydrogen (secondary N) is 2. The molecule has 2 aromatic heterocycles. The van der Waals surface area contributed by atoms with Gasteiger partial charge in [0, 0.05) is 35.3 Å². The van der Waals surface area contributed by atoms with E-state index in [-0.39, 0.29) is 18.2 Å². The van der Waals surface area contributed by atoms with Crippen LogP contribution in [0.15, 0.2) is 72.9 Å². The van der Waals surface area contributed by atoms with Gasteiger partial charge in [-0.15, -0.1) is 0 Å². The van der Waals surface area contributed by atoms with Crippen molar-refractivity contribution in [2.24, 2.45) is 0 Å². The van der Waals surface area contributed by atoms with Gasteiger partial charge in [0.2, 0.25) is 5.91 Å². The second kappa shape index (κ2) is 9.66. The van der Waals surface area contributed by atoms with Crippen LogP contribution in [0.3, 0.4) is 0 Å². The first-order valence-electron chi connectivity index (χ1n) is 10.4. The van der Waals surface area contributed by atoms with E-state index in [4.69, 9.17) is 16.6 Å². The van der Waals surface area contributed by atoms with Crippen LogP contribution in [0.1, 0.15) is 28.8 Å². The van der Waals surface area contributed by atoms with Crippen molar-refractivity contribution in [3.8, 4) is 11.3 Å². The molecule has 6 nitrogen and oxygen atoms in total. The van der Waals surface area contributed by atoms with Crippen LogP contribution in [0.2, 0.25) is 5.02 Å². The second-order valence-electron chi connectivity index (χ2n) is 7.47. The maximum Gasteiger partial charge on any atom is 0.251 e. The lowest BCUT2D eigenvalue weighted by Gasteiger charge is -2.09. The van der Waals surface area contributed by atoms with E-state index in [1.165, 1.54) is 0 Å². The summed E-state index contributed by atoms with van der Waals surface area (Å²) in [5.41, 5.74) is 4.02. The zero-order valence-electron chi connectivity index (χ0n) is 17.6. The monoisotopic (exact) mass is 446 g/mol. The molecule has 0 saturated heterocycles. The molecule has 4 rings (SSSR count). The van der Waals surface area contributed by atoms with Gasteiger partial charge < -0.3 is 10.6 Å². The standard InChI is InChI=1S/C25H23ClN4O2/c1-17-7-6-16-30-23(17)29-22(18-8-3-2-4-9-18)24(30)28-21(31)10-5-15-27-25(32)19-11-13-20(26)14-12-19/h2-4,6-9,11-14,16H,5,10,15H2,1H3,(H,27,32)(H,28,31). The molecule has 0 saturated carbocycles. The zero-order chi connectivity index (χ0) is 22.5. The Kier molecular flexibility index (Phi) is 6.52. The number of nitrogens with zero attached hydrogens (tertiary/aromatic N) is 2. The fourth-order valence-corrected chi connectivity index (χ4v) is 3.60. The summed E-state index contributed by atoms with van der Waals surface area (Å²) in [6.07, 6.45) is 2.68. The van der Waals surface area contributed by atoms with Crippen molar-refractivity contribution in [3.05, 3.63) is 89.1 Å². The molecule has 0 radical (unpaired) electrons. The van der Waals surface area contributed by atoms with E-state index in [2.05, 4.69) is 10.6 Å². The maximum absolute atomic E-state index is 12.7. The summed E-state index contributed by atoms with van der Waals surface area (Å²) in [5.74, 6) is 0.321. The Hall–Kier alpha value is -3.64. The Morgan fingerprint density at radius 1 is 1.00 bits per heavy atom. The Morgan fingerprint density at radius 2 is 1.75 bits per heavy atom. The minimum absolute atomic E-state index is 0.133. The number of rotatable bonds is 7. The number of carbonyl (C=O) groups is 2. The maximum atomic E-state index is 12.7. The summed E-state index contributed by atoms with van der Waals surface area (Å²) in [6, 6.07) is 20.4. The van der Waals surface area contributed by atoms with E-state index in [0.29, 0.717) is 29.4 Å². The molecule has 2 heterocycles. The van der Waals surface area contributed by atoms with E-state index in [1.807, 2.05) is 60.0 Å². The quantitative estimate of drug-likeness (QED) is 0.387. The molecule has 2 amide bonds. The summed E-state index contributed by atoms with van der Waals surface area (Å²) in [5, 5.41) is 6.43. The van der Waals surface area contributed by atoms with Gasteiger partial charge in [-0.25, -0.2) is 4.98 Å². The number of aryl methyl sites for hydroxylation is 1. The van der Waals surface area contributed by atoms with Gasteiger partial charge in [0.1, 0.15) is 17.2 Å². The fourth-order valence-electron chi connectivity index (χ4n) is 3.47. The fraction of sp³-hybridized carbons (Fsp3) is 0.160. The van der Waals surface area contributed by atoms with Crippen molar-refractivity contribution in [2.75, 3.05) is 11.9 Å². The van der Waals surface area contributed by atoms with Crippen molar-refractivity contribution >= 4 is 34.9 Å². The number of imidazole rings is 1. The molecule has 0 fully saturated rings. The van der Waals surface area contributed by atoms with Crippen molar-refractivity contribution < 1.29 is 9.59 Å². The number of aromatic nitrogens is 2. The predicted octanol–water partition coefficient (Wildman–Crippen LogP) is 5.11. The van der Waals surface area contributed by atoms with Crippen molar-refractivity contribution in [1.82, 2.24) is 14.7 Å². The number of hydrogen-bond donors (Lipinski definition) is 2. The van der Waals surface area contributed by atoms with E-state index in [0.717, 1.165) is 22.5 Å². The van der Waals surface area contributed by atoms with Crippen LogP contribution in [0.4, 0.5) is 5.82 Å². The molecule has 0 atom stereocenters. The molecule has 0 aliphatic rings. The first kappa shape index (κ1) is 21.6. The van der Waals surface area contributed by atoms with Gasteiger partial charge >= 0.3 is 0 Å². The lowest BCUT2D eigenvalue weighted by Crippen LogP contribution is -2.25. The van der Waals surface area contributed by atoms with E-state index < -0.39 is 0 Å². The molecular formula is C25H23ClN4O2. The highest BCUT2D eigenvalue weighted by Gasteiger charge is 2.17. The van der Waals surface area contributed by atoms with E-state index >= 15 is 0 Å². The van der Waals surface area contributed by atoms with Gasteiger partial charge in [-0.3, -0.25) is 14.0 Å². The third kappa shape index (κ3) is 4.81. The highest BCUT2D eigenvalue weighted by Crippen LogP contribution is 2.29. The molecule has 32 heavy (non-hydrogen) atoms. The molecule has 0 unspecified atom stereocenters. The van der Waals surface area contributed by atoms with Crippen molar-refractivity contribution in [1.29, 1.82) is 0 Å². The summed E-state index contributed by atoms with van der Waals surface area (Å²) >= 11 is 5.85. The van der Waals surface area contributed by atoms with Crippen LogP contribution in [0, 0.1) is 6.92 Å². The summed E-state index contributed by atoms with van der Waals surface area (Å²) < 4.78 is 1.90. The lowest BCUT2D eigenvalue weighted by molar-refractivity contribution is -0.116. The Labute approximate surface area is 191 Å². The Balaban J connectivity index is 1.42. The van der Waals surface area contributed by atoms with E-state index in [9.17, 15) is 9.59 Å². The molecule has 0 aliphatic carbocycles. The molecular weight excluding hydrogens is 424 g/mol. The summed E-state index contributed by atoms with van der Waals surface area (Å²) in [6.45, 7) is 2.39. The molecule has 0 spiro atoms. The van der Waals surface area contributed by atoms with Crippen LogP contribution in [-0.4, -0.2) is 27.7 Å². The number of pyridine rings is 1. The molecule has 7 heteroatoms. The first-order chi connectivity index (χ1) is 15.5.